The van der Waals surface area contributed by atoms with Gasteiger partial charge in [-0.05, 0) is 63.2 Å². The molecule has 5 rings (SSSR count). The number of phenols is 1. The molecule has 1 aromatic heterocycles. The smallest absolute Gasteiger partial charge is 0.331 e. The second-order valence-electron chi connectivity index (χ2n) is 11.1. The molecular weight excluding hydrogens is 610 g/mol. The Morgan fingerprint density at radius 2 is 1.74 bits per heavy atom. The van der Waals surface area contributed by atoms with E-state index in [4.69, 9.17) is 25.4 Å². The molecule has 0 saturated carbocycles. The number of aliphatic imine (C=N–C) groups is 1. The maximum atomic E-state index is 16.8. The van der Waals surface area contributed by atoms with Crippen molar-refractivity contribution in [3.8, 4) is 29.0 Å². The Kier molecular flexibility index (Phi) is 9.27. The summed E-state index contributed by atoms with van der Waals surface area (Å²) in [6, 6.07) is 18.7. The third-order valence-electron chi connectivity index (χ3n) is 7.41. The molecule has 0 amide bonds. The number of nitrogens with zero attached hydrogens (tertiary/aromatic N) is 4. The van der Waals surface area contributed by atoms with Gasteiger partial charge < -0.3 is 34.9 Å². The van der Waals surface area contributed by atoms with Crippen LogP contribution in [0.3, 0.4) is 0 Å². The number of rotatable bonds is 11. The first kappa shape index (κ1) is 32.7. The van der Waals surface area contributed by atoms with Crippen LogP contribution in [0, 0.1) is 17.0 Å². The summed E-state index contributed by atoms with van der Waals surface area (Å²) in [4.78, 5) is 25.0. The van der Waals surface area contributed by atoms with E-state index < -0.39 is 46.3 Å². The number of phenolic OH excluding ortho intramolecular Hbond substituents is 1. The largest absolute Gasteiger partial charge is 0.504 e. The van der Waals surface area contributed by atoms with Crippen LogP contribution < -0.4 is 20.1 Å². The molecule has 244 valence electrons. The molecule has 1 aliphatic rings. The number of carbonyl (C=O) groups is 1. The predicted molar refractivity (Wildman–Crippen MR) is 173 cm³/mol. The minimum absolute atomic E-state index is 0.0253. The molecule has 0 aliphatic carbocycles. The molecule has 0 bridgehead atoms. The molecule has 2 heterocycles. The Balaban J connectivity index is 1.72. The summed E-state index contributed by atoms with van der Waals surface area (Å²) >= 11 is 0. The number of ether oxygens (including phenoxy) is 3. The number of nitrogens with one attached hydrogen (secondary N) is 1. The highest BCUT2D eigenvalue weighted by molar-refractivity contribution is 6.00. The van der Waals surface area contributed by atoms with Gasteiger partial charge in [-0.2, -0.15) is 13.8 Å². The van der Waals surface area contributed by atoms with Crippen LogP contribution in [0.1, 0.15) is 31.9 Å². The molecule has 0 saturated heterocycles. The normalized spacial score (nSPS) is 12.8. The van der Waals surface area contributed by atoms with E-state index in [0.717, 1.165) is 17.3 Å². The number of hydrogen-bond donors (Lipinski definition) is 3. The van der Waals surface area contributed by atoms with Crippen molar-refractivity contribution in [3.05, 3.63) is 95.6 Å². The Bertz CT molecular complexity index is 1850. The van der Waals surface area contributed by atoms with Crippen LogP contribution in [0.4, 0.5) is 20.2 Å². The van der Waals surface area contributed by atoms with Crippen LogP contribution in [-0.4, -0.2) is 64.9 Å². The fourth-order valence-electron chi connectivity index (χ4n) is 5.05. The third-order valence-corrected chi connectivity index (χ3v) is 7.41. The van der Waals surface area contributed by atoms with E-state index in [2.05, 4.69) is 9.98 Å². The minimum Gasteiger partial charge on any atom is -0.504 e. The Labute approximate surface area is 270 Å². The van der Waals surface area contributed by atoms with E-state index in [1.54, 1.807) is 55.5 Å². The molecule has 4 aromatic rings. The van der Waals surface area contributed by atoms with E-state index in [9.17, 15) is 9.90 Å². The Hall–Kier alpha value is -5.72. The SMILES string of the molecule is CCOC(=O)C(C)(C)N(c1ccccc1)c1c(F)c(Oc2cccc(C3=NCCN3C)c2)nc(Oc2cc(C(=N)N)ccc2O)c1F. The number of anilines is 2. The number of nitrogen functional groups attached to an aromatic ring is 1. The highest BCUT2D eigenvalue weighted by atomic mass is 19.1. The minimum atomic E-state index is -1.67. The van der Waals surface area contributed by atoms with Gasteiger partial charge in [0.15, 0.2) is 11.5 Å². The van der Waals surface area contributed by atoms with Gasteiger partial charge in [0.1, 0.15) is 28.6 Å². The predicted octanol–water partition coefficient (Wildman–Crippen LogP) is 6.11. The van der Waals surface area contributed by atoms with Crippen molar-refractivity contribution in [1.82, 2.24) is 9.88 Å². The maximum absolute atomic E-state index is 16.8. The summed E-state index contributed by atoms with van der Waals surface area (Å²) in [5.41, 5.74) is 4.33. The Morgan fingerprint density at radius 3 is 2.38 bits per heavy atom. The van der Waals surface area contributed by atoms with Crippen molar-refractivity contribution in [2.45, 2.75) is 26.3 Å². The van der Waals surface area contributed by atoms with Crippen molar-refractivity contribution in [1.29, 1.82) is 5.41 Å². The summed E-state index contributed by atoms with van der Waals surface area (Å²) in [6.07, 6.45) is 0. The molecule has 0 unspecified atom stereocenters. The van der Waals surface area contributed by atoms with E-state index in [1.807, 2.05) is 18.0 Å². The quantitative estimate of drug-likeness (QED) is 0.100. The van der Waals surface area contributed by atoms with E-state index in [0.29, 0.717) is 12.1 Å². The first-order valence-corrected chi connectivity index (χ1v) is 14.7. The molecule has 47 heavy (non-hydrogen) atoms. The number of esters is 1. The number of carbonyl (C=O) groups excluding carboxylic acids is 1. The maximum Gasteiger partial charge on any atom is 0.331 e. The number of aromatic hydroxyl groups is 1. The molecule has 13 heteroatoms. The Morgan fingerprint density at radius 1 is 1.04 bits per heavy atom. The number of benzene rings is 3. The van der Waals surface area contributed by atoms with Crippen LogP contribution in [-0.2, 0) is 9.53 Å². The monoisotopic (exact) mass is 644 g/mol. The van der Waals surface area contributed by atoms with E-state index in [-0.39, 0.29) is 35.2 Å². The summed E-state index contributed by atoms with van der Waals surface area (Å²) in [7, 11) is 1.90. The summed E-state index contributed by atoms with van der Waals surface area (Å²) in [5.74, 6) is -4.96. The molecule has 0 fully saturated rings. The lowest BCUT2D eigenvalue weighted by Crippen LogP contribution is -2.49. The van der Waals surface area contributed by atoms with Crippen LogP contribution in [0.15, 0.2) is 77.8 Å². The van der Waals surface area contributed by atoms with Crippen molar-refractivity contribution in [3.63, 3.8) is 0 Å². The average molecular weight is 645 g/mol. The summed E-state index contributed by atoms with van der Waals surface area (Å²) < 4.78 is 50.5. The molecule has 3 aromatic carbocycles. The van der Waals surface area contributed by atoms with Gasteiger partial charge in [0, 0.05) is 30.4 Å². The van der Waals surface area contributed by atoms with Gasteiger partial charge in [-0.3, -0.25) is 10.4 Å². The summed E-state index contributed by atoms with van der Waals surface area (Å²) in [6.45, 7) is 5.93. The van der Waals surface area contributed by atoms with Crippen LogP contribution in [0.2, 0.25) is 0 Å². The first-order chi connectivity index (χ1) is 22.4. The first-order valence-electron chi connectivity index (χ1n) is 14.7. The van der Waals surface area contributed by atoms with Gasteiger partial charge in [-0.1, -0.05) is 30.3 Å². The van der Waals surface area contributed by atoms with Crippen molar-refractivity contribution < 1.29 is 32.9 Å². The molecule has 11 nitrogen and oxygen atoms in total. The van der Waals surface area contributed by atoms with Gasteiger partial charge in [0.05, 0.1) is 13.2 Å². The zero-order valence-electron chi connectivity index (χ0n) is 26.3. The standard InChI is InChI=1S/C34H34F2N6O5/c1-5-45-33(44)34(2,3)42(22-11-7-6-8-12-22)28-26(35)31(46-23-13-9-10-21(18-23)30-39-16-17-41(30)4)40-32(27(28)36)47-25-19-20(29(37)38)14-15-24(25)43/h6-15,18-19,43H,5,16-17H2,1-4H3,(H3,37,38). The lowest BCUT2D eigenvalue weighted by Gasteiger charge is -2.38. The second-order valence-corrected chi connectivity index (χ2v) is 11.1. The second kappa shape index (κ2) is 13.3. The number of likely N-dealkylation sites (N-methyl/N-ethyl adjacent to an activating group) is 1. The lowest BCUT2D eigenvalue weighted by atomic mass is 10.00. The van der Waals surface area contributed by atoms with Crippen LogP contribution >= 0.6 is 0 Å². The van der Waals surface area contributed by atoms with Gasteiger partial charge in [-0.25, -0.2) is 4.79 Å². The number of hydrogen-bond acceptors (Lipinski definition) is 10. The molecule has 0 spiro atoms. The molecule has 1 aliphatic heterocycles. The molecule has 0 atom stereocenters. The third kappa shape index (κ3) is 6.64. The number of pyridine rings is 1. The van der Waals surface area contributed by atoms with Gasteiger partial charge in [0.2, 0.25) is 11.6 Å². The van der Waals surface area contributed by atoms with Crippen LogP contribution in [0.5, 0.6) is 29.0 Å². The topological polar surface area (TPSA) is 147 Å². The highest BCUT2D eigenvalue weighted by Gasteiger charge is 2.42. The highest BCUT2D eigenvalue weighted by Crippen LogP contribution is 2.45. The number of halogens is 2. The zero-order valence-corrected chi connectivity index (χ0v) is 26.3. The van der Waals surface area contributed by atoms with Crippen molar-refractivity contribution >= 4 is 29.0 Å². The molecule has 0 radical (unpaired) electrons. The van der Waals surface area contributed by atoms with E-state index >= 15 is 8.78 Å². The van der Waals surface area contributed by atoms with Crippen molar-refractivity contribution in [2.75, 3.05) is 31.6 Å². The summed E-state index contributed by atoms with van der Waals surface area (Å²) in [5, 5.41) is 18.3. The van der Waals surface area contributed by atoms with Gasteiger partial charge >= 0.3 is 5.97 Å². The van der Waals surface area contributed by atoms with Gasteiger partial charge in [-0.15, -0.1) is 0 Å². The average Bonchev–Trinajstić information content (AvgIpc) is 3.48. The zero-order chi connectivity index (χ0) is 33.9. The fraction of sp³-hybridized carbons (Fsp3) is 0.235. The molecular formula is C34H34F2N6O5. The van der Waals surface area contributed by atoms with Crippen molar-refractivity contribution in [2.24, 2.45) is 10.7 Å². The molecule has 4 N–H and O–H groups in total. The van der Waals surface area contributed by atoms with Gasteiger partial charge in [0.25, 0.3) is 11.8 Å². The number of amidine groups is 2. The number of para-hydroxylation sites is 1. The number of nitrogens with two attached hydrogens (primary N) is 1. The van der Waals surface area contributed by atoms with E-state index in [1.165, 1.54) is 32.0 Å². The lowest BCUT2D eigenvalue weighted by molar-refractivity contribution is -0.148. The fourth-order valence-corrected chi connectivity index (χ4v) is 5.05. The van der Waals surface area contributed by atoms with Crippen LogP contribution in [0.25, 0.3) is 0 Å². The number of aromatic nitrogens is 1.